The van der Waals surface area contributed by atoms with Crippen molar-refractivity contribution < 1.29 is 9.53 Å². The highest BCUT2D eigenvalue weighted by Crippen LogP contribution is 2.26. The van der Waals surface area contributed by atoms with E-state index in [1.165, 1.54) is 0 Å². The van der Waals surface area contributed by atoms with Gasteiger partial charge in [0.2, 0.25) is 0 Å². The van der Waals surface area contributed by atoms with Gasteiger partial charge in [0, 0.05) is 10.0 Å². The van der Waals surface area contributed by atoms with Crippen LogP contribution < -0.4 is 4.74 Å². The summed E-state index contributed by atoms with van der Waals surface area (Å²) in [6, 6.07) is 5.23. The molecule has 0 aliphatic heterocycles. The van der Waals surface area contributed by atoms with Crippen molar-refractivity contribution in [2.24, 2.45) is 0 Å². The van der Waals surface area contributed by atoms with Crippen LogP contribution in [0.15, 0.2) is 22.7 Å². The molecule has 1 aromatic rings. The molecular weight excluding hydrogens is 380 g/mol. The number of rotatable bonds is 3. The van der Waals surface area contributed by atoms with Gasteiger partial charge < -0.3 is 4.74 Å². The van der Waals surface area contributed by atoms with Gasteiger partial charge in [0.25, 0.3) is 0 Å². The lowest BCUT2D eigenvalue weighted by molar-refractivity contribution is 0.101. The third-order valence-electron chi connectivity index (χ3n) is 1.64. The summed E-state index contributed by atoms with van der Waals surface area (Å²) in [5.41, 5.74) is 0.615. The van der Waals surface area contributed by atoms with Gasteiger partial charge in [-0.25, -0.2) is 0 Å². The first kappa shape index (κ1) is 12.2. The maximum absolute atomic E-state index is 11.6. The number of ether oxygens (including phenoxy) is 1. The van der Waals surface area contributed by atoms with Crippen LogP contribution in [0.3, 0.4) is 0 Å². The predicted molar refractivity (Wildman–Crippen MR) is 66.7 cm³/mol. The van der Waals surface area contributed by atoms with E-state index >= 15 is 0 Å². The van der Waals surface area contributed by atoms with E-state index in [9.17, 15) is 4.79 Å². The molecule has 0 aliphatic rings. The first-order chi connectivity index (χ1) is 6.56. The third kappa shape index (κ3) is 2.81. The summed E-state index contributed by atoms with van der Waals surface area (Å²) < 4.78 is 5.39. The number of carbonyl (C=O) groups excluding carboxylic acids is 1. The molecule has 1 aromatic carbocycles. The van der Waals surface area contributed by atoms with Crippen molar-refractivity contribution in [3.63, 3.8) is 0 Å². The Morgan fingerprint density at radius 1 is 1.43 bits per heavy atom. The maximum atomic E-state index is 11.6. The van der Waals surface area contributed by atoms with Crippen LogP contribution in [0.25, 0.3) is 0 Å². The number of carbonyl (C=O) groups is 1. The van der Waals surface area contributed by atoms with Crippen molar-refractivity contribution in [1.29, 1.82) is 0 Å². The molecule has 0 bridgehead atoms. The molecule has 0 N–H and O–H groups in total. The van der Waals surface area contributed by atoms with E-state index in [0.717, 1.165) is 4.47 Å². The molecule has 0 radical (unpaired) electrons. The number of hydrogen-bond donors (Lipinski definition) is 0. The lowest BCUT2D eigenvalue weighted by Gasteiger charge is -2.06. The Kier molecular flexibility index (Phi) is 4.60. The van der Waals surface area contributed by atoms with E-state index in [0.29, 0.717) is 11.3 Å². The Morgan fingerprint density at radius 3 is 2.50 bits per heavy atom. The number of halogens is 3. The lowest BCUT2D eigenvalue weighted by Crippen LogP contribution is -2.07. The quantitative estimate of drug-likeness (QED) is 0.584. The van der Waals surface area contributed by atoms with Crippen LogP contribution in [-0.2, 0) is 0 Å². The Morgan fingerprint density at radius 2 is 2.07 bits per heavy atom. The number of Topliss-reactive ketones (excluding diaryl/α,β-unsaturated/α-hetero) is 1. The molecule has 0 heterocycles. The van der Waals surface area contributed by atoms with Gasteiger partial charge in [0.05, 0.1) is 7.11 Å². The van der Waals surface area contributed by atoms with Gasteiger partial charge in [-0.15, -0.1) is 0 Å². The standard InChI is InChI=1S/C9H7Br3O2/c1-14-5-2-3-6(7(10)4-5)8(13)9(11)12/h2-4,9H,1H3. The third-order valence-corrected chi connectivity index (χ3v) is 3.13. The van der Waals surface area contributed by atoms with E-state index < -0.39 is 0 Å². The van der Waals surface area contributed by atoms with Gasteiger partial charge in [0.1, 0.15) is 9.49 Å². The van der Waals surface area contributed by atoms with Crippen molar-refractivity contribution in [3.8, 4) is 5.75 Å². The van der Waals surface area contributed by atoms with Gasteiger partial charge >= 0.3 is 0 Å². The molecule has 5 heteroatoms. The number of hydrogen-bond acceptors (Lipinski definition) is 2. The zero-order chi connectivity index (χ0) is 10.7. The highest BCUT2D eigenvalue weighted by molar-refractivity contribution is 9.25. The number of methoxy groups -OCH3 is 1. The van der Waals surface area contributed by atoms with Crippen LogP contribution in [0.1, 0.15) is 10.4 Å². The zero-order valence-electron chi connectivity index (χ0n) is 7.26. The molecule has 76 valence electrons. The van der Waals surface area contributed by atoms with E-state index in [-0.39, 0.29) is 9.52 Å². The topological polar surface area (TPSA) is 26.3 Å². The molecule has 1 rings (SSSR count). The molecule has 0 atom stereocenters. The van der Waals surface area contributed by atoms with E-state index in [4.69, 9.17) is 4.74 Å². The predicted octanol–water partition coefficient (Wildman–Crippen LogP) is 3.76. The summed E-state index contributed by atoms with van der Waals surface area (Å²) in [6.45, 7) is 0. The van der Waals surface area contributed by atoms with E-state index in [2.05, 4.69) is 47.8 Å². The van der Waals surface area contributed by atoms with Crippen molar-refractivity contribution in [1.82, 2.24) is 0 Å². The van der Waals surface area contributed by atoms with Crippen LogP contribution in [0.4, 0.5) is 0 Å². The molecule has 0 unspecified atom stereocenters. The number of benzene rings is 1. The molecule has 0 fully saturated rings. The smallest absolute Gasteiger partial charge is 0.188 e. The second-order valence-corrected chi connectivity index (χ2v) is 6.43. The molecule has 14 heavy (non-hydrogen) atoms. The monoisotopic (exact) mass is 384 g/mol. The zero-order valence-corrected chi connectivity index (χ0v) is 12.0. The SMILES string of the molecule is COc1ccc(C(=O)C(Br)Br)c(Br)c1. The molecular formula is C9H7Br3O2. The van der Waals surface area contributed by atoms with Gasteiger partial charge in [-0.2, -0.15) is 0 Å². The van der Waals surface area contributed by atoms with Gasteiger partial charge in [-0.1, -0.05) is 31.9 Å². The van der Waals surface area contributed by atoms with Gasteiger partial charge in [-0.3, -0.25) is 4.79 Å². The highest BCUT2D eigenvalue weighted by atomic mass is 79.9. The van der Waals surface area contributed by atoms with Crippen LogP contribution in [0.2, 0.25) is 0 Å². The minimum atomic E-state index is -0.361. The molecule has 0 saturated carbocycles. The lowest BCUT2D eigenvalue weighted by atomic mass is 10.1. The average molecular weight is 387 g/mol. The Balaban J connectivity index is 3.06. The van der Waals surface area contributed by atoms with E-state index in [1.807, 2.05) is 0 Å². The van der Waals surface area contributed by atoms with Crippen LogP contribution in [0, 0.1) is 0 Å². The second-order valence-electron chi connectivity index (χ2n) is 2.51. The summed E-state index contributed by atoms with van der Waals surface area (Å²) >= 11 is 9.64. The molecule has 0 saturated heterocycles. The Hall–Kier alpha value is 0.130. The van der Waals surface area contributed by atoms with Crippen LogP contribution in [0.5, 0.6) is 5.75 Å². The summed E-state index contributed by atoms with van der Waals surface area (Å²) in [4.78, 5) is 11.6. The minimum absolute atomic E-state index is 0.0282. The highest BCUT2D eigenvalue weighted by Gasteiger charge is 2.16. The fraction of sp³-hybridized carbons (Fsp3) is 0.222. The molecule has 2 nitrogen and oxygen atoms in total. The van der Waals surface area contributed by atoms with Crippen molar-refractivity contribution in [3.05, 3.63) is 28.2 Å². The molecule has 0 amide bonds. The first-order valence-electron chi connectivity index (χ1n) is 3.72. The summed E-state index contributed by atoms with van der Waals surface area (Å²) in [6.07, 6.45) is 0. The first-order valence-corrected chi connectivity index (χ1v) is 6.34. The van der Waals surface area contributed by atoms with Gasteiger partial charge in [-0.05, 0) is 34.1 Å². The normalized spacial score (nSPS) is 10.4. The second kappa shape index (κ2) is 5.28. The molecule has 0 aliphatic carbocycles. The number of ketones is 1. The fourth-order valence-electron chi connectivity index (χ4n) is 0.940. The van der Waals surface area contributed by atoms with Crippen LogP contribution >= 0.6 is 47.8 Å². The summed E-state index contributed by atoms with van der Waals surface area (Å²) in [5, 5.41) is 0. The van der Waals surface area contributed by atoms with E-state index in [1.54, 1.807) is 25.3 Å². The fourth-order valence-corrected chi connectivity index (χ4v) is 1.99. The largest absolute Gasteiger partial charge is 0.497 e. The van der Waals surface area contributed by atoms with Crippen molar-refractivity contribution in [2.75, 3.05) is 7.11 Å². The maximum Gasteiger partial charge on any atom is 0.188 e. The minimum Gasteiger partial charge on any atom is -0.497 e. The van der Waals surface area contributed by atoms with Crippen LogP contribution in [-0.4, -0.2) is 16.6 Å². The van der Waals surface area contributed by atoms with Crippen molar-refractivity contribution >= 4 is 53.6 Å². The summed E-state index contributed by atoms with van der Waals surface area (Å²) in [7, 11) is 1.58. The number of alkyl halides is 2. The summed E-state index contributed by atoms with van der Waals surface area (Å²) in [5.74, 6) is 0.689. The molecule has 0 aromatic heterocycles. The Labute approximate surface area is 107 Å². The van der Waals surface area contributed by atoms with Gasteiger partial charge in [0.15, 0.2) is 5.78 Å². The van der Waals surface area contributed by atoms with Crippen molar-refractivity contribution in [2.45, 2.75) is 3.74 Å². The average Bonchev–Trinajstić information content (AvgIpc) is 2.16. The Bertz CT molecular complexity index is 350. The molecule has 0 spiro atoms.